The molecule has 6 nitrogen and oxygen atoms in total. The van der Waals surface area contributed by atoms with E-state index in [9.17, 15) is 4.79 Å². The molecule has 0 bridgehead atoms. The van der Waals surface area contributed by atoms with Crippen LogP contribution in [0.1, 0.15) is 16.2 Å². The second-order valence-electron chi connectivity index (χ2n) is 5.73. The summed E-state index contributed by atoms with van der Waals surface area (Å²) in [6.45, 7) is 3.40. The highest BCUT2D eigenvalue weighted by Gasteiger charge is 2.21. The van der Waals surface area contributed by atoms with Crippen molar-refractivity contribution in [3.63, 3.8) is 0 Å². The number of primary amides is 1. The van der Waals surface area contributed by atoms with Crippen molar-refractivity contribution in [2.45, 2.75) is 12.6 Å². The van der Waals surface area contributed by atoms with Gasteiger partial charge in [-0.05, 0) is 24.3 Å². The number of pyridine rings is 1. The average molecular weight is 327 g/mol. The predicted octanol–water partition coefficient (Wildman–Crippen LogP) is 1.46. The Hall–Kier alpha value is -2.44. The van der Waals surface area contributed by atoms with E-state index >= 15 is 0 Å². The first-order chi connectivity index (χ1) is 11.7. The Balaban J connectivity index is 1.53. The third-order valence-corrected chi connectivity index (χ3v) is 3.85. The summed E-state index contributed by atoms with van der Waals surface area (Å²) >= 11 is 0. The zero-order valence-electron chi connectivity index (χ0n) is 13.4. The van der Waals surface area contributed by atoms with Crippen LogP contribution in [0.3, 0.4) is 0 Å². The zero-order valence-corrected chi connectivity index (χ0v) is 13.4. The standard InChI is InChI=1S/C18H21N3O3/c19-18(22)17-8-4-5-14(20-17)11-21-9-10-23-16(12-21)13-24-15-6-2-1-3-7-15/h1-8,16H,9-13H2,(H2,19,22). The van der Waals surface area contributed by atoms with E-state index in [1.807, 2.05) is 36.4 Å². The Bertz CT molecular complexity index is 678. The maximum absolute atomic E-state index is 11.2. The van der Waals surface area contributed by atoms with E-state index in [-0.39, 0.29) is 6.10 Å². The molecule has 0 saturated carbocycles. The van der Waals surface area contributed by atoms with Gasteiger partial charge in [0.1, 0.15) is 24.2 Å². The van der Waals surface area contributed by atoms with Gasteiger partial charge in [-0.3, -0.25) is 9.69 Å². The lowest BCUT2D eigenvalue weighted by molar-refractivity contribution is -0.0507. The monoisotopic (exact) mass is 327 g/mol. The van der Waals surface area contributed by atoms with Gasteiger partial charge in [0.05, 0.1) is 12.3 Å². The molecule has 1 aliphatic rings. The summed E-state index contributed by atoms with van der Waals surface area (Å²) in [5.74, 6) is 0.335. The Morgan fingerprint density at radius 1 is 1.25 bits per heavy atom. The fraction of sp³-hybridized carbons (Fsp3) is 0.333. The molecule has 6 heteroatoms. The number of amides is 1. The normalized spacial score (nSPS) is 18.2. The second kappa shape index (κ2) is 7.90. The number of nitrogens with two attached hydrogens (primary N) is 1. The largest absolute Gasteiger partial charge is 0.491 e. The molecule has 2 heterocycles. The minimum atomic E-state index is -0.507. The highest BCUT2D eigenvalue weighted by molar-refractivity contribution is 5.90. The van der Waals surface area contributed by atoms with Gasteiger partial charge in [0.15, 0.2) is 0 Å². The fourth-order valence-electron chi connectivity index (χ4n) is 2.66. The quantitative estimate of drug-likeness (QED) is 0.869. The van der Waals surface area contributed by atoms with E-state index < -0.39 is 5.91 Å². The smallest absolute Gasteiger partial charge is 0.267 e. The summed E-state index contributed by atoms with van der Waals surface area (Å²) in [6, 6.07) is 15.0. The van der Waals surface area contributed by atoms with Crippen molar-refractivity contribution >= 4 is 5.91 Å². The van der Waals surface area contributed by atoms with Crippen LogP contribution in [0, 0.1) is 0 Å². The van der Waals surface area contributed by atoms with Crippen molar-refractivity contribution in [1.82, 2.24) is 9.88 Å². The van der Waals surface area contributed by atoms with Gasteiger partial charge in [-0.1, -0.05) is 24.3 Å². The molecule has 0 aliphatic carbocycles. The molecule has 1 aliphatic heterocycles. The first-order valence-electron chi connectivity index (χ1n) is 7.98. The second-order valence-corrected chi connectivity index (χ2v) is 5.73. The summed E-state index contributed by atoms with van der Waals surface area (Å²) in [5.41, 5.74) is 6.41. The molecule has 1 atom stereocenters. The number of morpholine rings is 1. The summed E-state index contributed by atoms with van der Waals surface area (Å²) < 4.78 is 11.5. The van der Waals surface area contributed by atoms with Crippen molar-refractivity contribution in [3.05, 3.63) is 59.9 Å². The maximum atomic E-state index is 11.2. The van der Waals surface area contributed by atoms with Crippen molar-refractivity contribution in [2.24, 2.45) is 5.73 Å². The summed E-state index contributed by atoms with van der Waals surface area (Å²) in [5, 5.41) is 0. The van der Waals surface area contributed by atoms with Gasteiger partial charge in [-0.2, -0.15) is 0 Å². The number of hydrogen-bond acceptors (Lipinski definition) is 5. The third-order valence-electron chi connectivity index (χ3n) is 3.85. The van der Waals surface area contributed by atoms with Gasteiger partial charge in [0, 0.05) is 19.6 Å². The fourth-order valence-corrected chi connectivity index (χ4v) is 2.66. The van der Waals surface area contributed by atoms with E-state index in [2.05, 4.69) is 9.88 Å². The third kappa shape index (κ3) is 4.53. The average Bonchev–Trinajstić information content (AvgIpc) is 2.61. The number of ether oxygens (including phenoxy) is 2. The Morgan fingerprint density at radius 3 is 2.88 bits per heavy atom. The van der Waals surface area contributed by atoms with E-state index in [0.717, 1.165) is 24.5 Å². The predicted molar refractivity (Wildman–Crippen MR) is 89.7 cm³/mol. The Morgan fingerprint density at radius 2 is 2.08 bits per heavy atom. The van der Waals surface area contributed by atoms with Gasteiger partial charge >= 0.3 is 0 Å². The molecule has 1 saturated heterocycles. The molecule has 1 aromatic heterocycles. The molecule has 0 spiro atoms. The summed E-state index contributed by atoms with van der Waals surface area (Å²) in [6.07, 6.45) is 0.0123. The Labute approximate surface area is 141 Å². The van der Waals surface area contributed by atoms with Crippen LogP contribution >= 0.6 is 0 Å². The number of nitrogens with zero attached hydrogens (tertiary/aromatic N) is 2. The van der Waals surface area contributed by atoms with Crippen LogP contribution in [0.25, 0.3) is 0 Å². The van der Waals surface area contributed by atoms with Crippen LogP contribution in [0.5, 0.6) is 5.75 Å². The number of benzene rings is 1. The lowest BCUT2D eigenvalue weighted by Crippen LogP contribution is -2.44. The van der Waals surface area contributed by atoms with Crippen molar-refractivity contribution in [3.8, 4) is 5.75 Å². The van der Waals surface area contributed by atoms with E-state index in [1.165, 1.54) is 0 Å². The SMILES string of the molecule is NC(=O)c1cccc(CN2CCOC(COc3ccccc3)C2)n1. The van der Waals surface area contributed by atoms with Crippen LogP contribution in [-0.4, -0.2) is 48.2 Å². The minimum absolute atomic E-state index is 0.0123. The molecule has 1 amide bonds. The van der Waals surface area contributed by atoms with Gasteiger partial charge in [0.25, 0.3) is 5.91 Å². The molecule has 2 aromatic rings. The number of hydrogen-bond donors (Lipinski definition) is 1. The van der Waals surface area contributed by atoms with Crippen LogP contribution in [0.15, 0.2) is 48.5 Å². The highest BCUT2D eigenvalue weighted by atomic mass is 16.5. The number of carbonyl (C=O) groups is 1. The molecule has 3 rings (SSSR count). The van der Waals surface area contributed by atoms with Crippen molar-refractivity contribution in [1.29, 1.82) is 0 Å². The molecular formula is C18H21N3O3. The van der Waals surface area contributed by atoms with Gasteiger partial charge in [-0.25, -0.2) is 4.98 Å². The van der Waals surface area contributed by atoms with Gasteiger partial charge < -0.3 is 15.2 Å². The molecule has 0 radical (unpaired) electrons. The van der Waals surface area contributed by atoms with E-state index in [4.69, 9.17) is 15.2 Å². The molecule has 1 unspecified atom stereocenters. The number of para-hydroxylation sites is 1. The van der Waals surface area contributed by atoms with Crippen molar-refractivity contribution < 1.29 is 14.3 Å². The lowest BCUT2D eigenvalue weighted by Gasteiger charge is -2.32. The maximum Gasteiger partial charge on any atom is 0.267 e. The summed E-state index contributed by atoms with van der Waals surface area (Å²) in [4.78, 5) is 17.8. The van der Waals surface area contributed by atoms with Crippen LogP contribution in [0.2, 0.25) is 0 Å². The Kier molecular flexibility index (Phi) is 5.40. The van der Waals surface area contributed by atoms with E-state index in [0.29, 0.717) is 25.5 Å². The molecule has 1 fully saturated rings. The molecule has 2 N–H and O–H groups in total. The number of rotatable bonds is 6. The number of aromatic nitrogens is 1. The minimum Gasteiger partial charge on any atom is -0.491 e. The first-order valence-corrected chi connectivity index (χ1v) is 7.98. The molecule has 24 heavy (non-hydrogen) atoms. The molecule has 1 aromatic carbocycles. The summed E-state index contributed by atoms with van der Waals surface area (Å²) in [7, 11) is 0. The molecular weight excluding hydrogens is 306 g/mol. The topological polar surface area (TPSA) is 77.7 Å². The zero-order chi connectivity index (χ0) is 16.8. The van der Waals surface area contributed by atoms with E-state index in [1.54, 1.807) is 12.1 Å². The number of carbonyl (C=O) groups excluding carboxylic acids is 1. The molecule has 126 valence electrons. The van der Waals surface area contributed by atoms with Crippen LogP contribution < -0.4 is 10.5 Å². The lowest BCUT2D eigenvalue weighted by atomic mass is 10.2. The first kappa shape index (κ1) is 16.4. The van der Waals surface area contributed by atoms with Crippen LogP contribution in [0.4, 0.5) is 0 Å². The highest BCUT2D eigenvalue weighted by Crippen LogP contribution is 2.13. The van der Waals surface area contributed by atoms with Gasteiger partial charge in [-0.15, -0.1) is 0 Å². The van der Waals surface area contributed by atoms with Crippen molar-refractivity contribution in [2.75, 3.05) is 26.3 Å². The van der Waals surface area contributed by atoms with Crippen LogP contribution in [-0.2, 0) is 11.3 Å². The van der Waals surface area contributed by atoms with Gasteiger partial charge in [0.2, 0.25) is 0 Å².